The van der Waals surface area contributed by atoms with Crippen LogP contribution >= 0.6 is 0 Å². The highest BCUT2D eigenvalue weighted by Crippen LogP contribution is 2.23. The molecule has 0 amide bonds. The van der Waals surface area contributed by atoms with Gasteiger partial charge in [-0.05, 0) is 30.7 Å². The fraction of sp³-hybridized carbons (Fsp3) is 0.250. The first kappa shape index (κ1) is 8.77. The predicted molar refractivity (Wildman–Crippen MR) is 39.5 cm³/mol. The van der Waals surface area contributed by atoms with Crippen LogP contribution in [0.3, 0.4) is 0 Å². The van der Waals surface area contributed by atoms with Crippen LogP contribution in [-0.4, -0.2) is 11.7 Å². The average Bonchev–Trinajstić information content (AvgIpc) is 1.94. The summed E-state index contributed by atoms with van der Waals surface area (Å²) in [5.74, 6) is 0.122. The van der Waals surface area contributed by atoms with E-state index in [1.165, 1.54) is 18.2 Å². The lowest BCUT2D eigenvalue weighted by Crippen LogP contribution is -2.02. The predicted octanol–water partition coefficient (Wildman–Crippen LogP) is 2.30. The van der Waals surface area contributed by atoms with Crippen molar-refractivity contribution in [3.8, 4) is 11.5 Å². The largest absolute Gasteiger partial charge is 0.508 e. The minimum Gasteiger partial charge on any atom is -0.508 e. The Bertz CT molecular complexity index is 274. The molecule has 0 aliphatic carbocycles. The summed E-state index contributed by atoms with van der Waals surface area (Å²) in [6, 6.07) is 3.96. The van der Waals surface area contributed by atoms with Gasteiger partial charge in [-0.15, -0.1) is 0 Å². The molecule has 4 heteroatoms. The fourth-order valence-electron chi connectivity index (χ4n) is 0.862. The number of rotatable bonds is 2. The highest BCUT2D eigenvalue weighted by molar-refractivity contribution is 5.38. The maximum atomic E-state index is 11.7. The normalized spacial score (nSPS) is 10.3. The van der Waals surface area contributed by atoms with Crippen molar-refractivity contribution < 1.29 is 18.6 Å². The van der Waals surface area contributed by atoms with E-state index < -0.39 is 6.61 Å². The van der Waals surface area contributed by atoms with Crippen molar-refractivity contribution in [3.63, 3.8) is 0 Å². The molecule has 0 aliphatic rings. The second-order valence-corrected chi connectivity index (χ2v) is 2.33. The quantitative estimate of drug-likeness (QED) is 0.745. The lowest BCUT2D eigenvalue weighted by molar-refractivity contribution is -0.0503. The van der Waals surface area contributed by atoms with Crippen molar-refractivity contribution >= 4 is 0 Å². The average molecular weight is 174 g/mol. The van der Waals surface area contributed by atoms with Crippen LogP contribution in [-0.2, 0) is 0 Å². The summed E-state index contributed by atoms with van der Waals surface area (Å²) >= 11 is 0. The van der Waals surface area contributed by atoms with E-state index in [1.54, 1.807) is 6.92 Å². The highest BCUT2D eigenvalue weighted by atomic mass is 19.3. The molecule has 1 rings (SSSR count). The van der Waals surface area contributed by atoms with Gasteiger partial charge in [0.2, 0.25) is 0 Å². The van der Waals surface area contributed by atoms with E-state index in [0.29, 0.717) is 5.56 Å². The van der Waals surface area contributed by atoms with Gasteiger partial charge in [-0.2, -0.15) is 8.78 Å². The van der Waals surface area contributed by atoms with Crippen LogP contribution < -0.4 is 4.74 Å². The lowest BCUT2D eigenvalue weighted by atomic mass is 10.2. The number of benzene rings is 1. The van der Waals surface area contributed by atoms with Gasteiger partial charge in [0.15, 0.2) is 0 Å². The maximum Gasteiger partial charge on any atom is 0.387 e. The minimum atomic E-state index is -2.83. The number of halogens is 2. The number of phenolic OH excluding ortho intramolecular Hbond substituents is 1. The molecule has 0 fully saturated rings. The van der Waals surface area contributed by atoms with E-state index in [-0.39, 0.29) is 11.5 Å². The first-order chi connectivity index (χ1) is 5.59. The Balaban J connectivity index is 2.86. The molecule has 0 aromatic heterocycles. The Morgan fingerprint density at radius 2 is 2.08 bits per heavy atom. The second kappa shape index (κ2) is 3.38. The monoisotopic (exact) mass is 174 g/mol. The molecule has 2 nitrogen and oxygen atoms in total. The molecule has 0 spiro atoms. The zero-order valence-corrected chi connectivity index (χ0v) is 6.42. The fourth-order valence-corrected chi connectivity index (χ4v) is 0.862. The van der Waals surface area contributed by atoms with Crippen LogP contribution in [0.25, 0.3) is 0 Å². The molecule has 0 saturated carbocycles. The molecule has 1 N–H and O–H groups in total. The van der Waals surface area contributed by atoms with Crippen molar-refractivity contribution in [2.45, 2.75) is 13.5 Å². The van der Waals surface area contributed by atoms with Crippen LogP contribution in [0.4, 0.5) is 8.78 Å². The number of phenols is 1. The zero-order valence-electron chi connectivity index (χ0n) is 6.42. The van der Waals surface area contributed by atoms with E-state index >= 15 is 0 Å². The van der Waals surface area contributed by atoms with Gasteiger partial charge >= 0.3 is 6.61 Å². The van der Waals surface area contributed by atoms with E-state index in [9.17, 15) is 8.78 Å². The van der Waals surface area contributed by atoms with E-state index in [0.717, 1.165) is 0 Å². The Morgan fingerprint density at radius 1 is 1.42 bits per heavy atom. The van der Waals surface area contributed by atoms with Crippen LogP contribution in [0.5, 0.6) is 11.5 Å². The topological polar surface area (TPSA) is 29.5 Å². The van der Waals surface area contributed by atoms with Gasteiger partial charge in [0, 0.05) is 0 Å². The van der Waals surface area contributed by atoms with E-state index in [1.807, 2.05) is 0 Å². The Kier molecular flexibility index (Phi) is 2.47. The summed E-state index contributed by atoms with van der Waals surface area (Å²) in [6.45, 7) is -1.24. The first-order valence-electron chi connectivity index (χ1n) is 3.34. The molecule has 1 aromatic rings. The summed E-state index contributed by atoms with van der Waals surface area (Å²) in [6.07, 6.45) is 0. The summed E-state index contributed by atoms with van der Waals surface area (Å²) in [5, 5.41) is 8.93. The molecular weight excluding hydrogens is 166 g/mol. The van der Waals surface area contributed by atoms with Crippen molar-refractivity contribution in [2.75, 3.05) is 0 Å². The number of aromatic hydroxyl groups is 1. The smallest absolute Gasteiger partial charge is 0.387 e. The molecular formula is C8H8F2O2. The Hall–Kier alpha value is -1.32. The molecule has 0 atom stereocenters. The third kappa shape index (κ3) is 2.08. The van der Waals surface area contributed by atoms with Crippen molar-refractivity contribution in [1.29, 1.82) is 0 Å². The minimum absolute atomic E-state index is 0.0362. The number of hydrogen-bond donors (Lipinski definition) is 1. The second-order valence-electron chi connectivity index (χ2n) is 2.33. The van der Waals surface area contributed by atoms with Crippen molar-refractivity contribution in [3.05, 3.63) is 23.8 Å². The highest BCUT2D eigenvalue weighted by Gasteiger charge is 2.06. The standard InChI is InChI=1S/C8H8F2O2/c1-5-4-6(11)2-3-7(5)12-8(9)10/h2-4,8,11H,1H3. The molecule has 0 heterocycles. The third-order valence-corrected chi connectivity index (χ3v) is 1.37. The van der Waals surface area contributed by atoms with Gasteiger partial charge in [0.1, 0.15) is 11.5 Å². The molecule has 0 aliphatic heterocycles. The number of alkyl halides is 2. The van der Waals surface area contributed by atoms with Gasteiger partial charge in [0.25, 0.3) is 0 Å². The molecule has 0 saturated heterocycles. The molecule has 0 radical (unpaired) electrons. The summed E-state index contributed by atoms with van der Waals surface area (Å²) < 4.78 is 27.6. The Morgan fingerprint density at radius 3 is 2.58 bits per heavy atom. The summed E-state index contributed by atoms with van der Waals surface area (Å²) in [4.78, 5) is 0. The van der Waals surface area contributed by atoms with Gasteiger partial charge in [0.05, 0.1) is 0 Å². The number of ether oxygens (including phenoxy) is 1. The van der Waals surface area contributed by atoms with Crippen LogP contribution in [0.1, 0.15) is 5.56 Å². The van der Waals surface area contributed by atoms with Gasteiger partial charge in [-0.3, -0.25) is 0 Å². The van der Waals surface area contributed by atoms with Crippen LogP contribution in [0.15, 0.2) is 18.2 Å². The SMILES string of the molecule is Cc1cc(O)ccc1OC(F)F. The summed E-state index contributed by atoms with van der Waals surface area (Å²) in [5.41, 5.74) is 0.482. The van der Waals surface area contributed by atoms with Crippen molar-refractivity contribution in [2.24, 2.45) is 0 Å². The molecule has 66 valence electrons. The van der Waals surface area contributed by atoms with Gasteiger partial charge in [-0.25, -0.2) is 0 Å². The third-order valence-electron chi connectivity index (χ3n) is 1.37. The Labute approximate surface area is 68.4 Å². The first-order valence-corrected chi connectivity index (χ1v) is 3.34. The zero-order chi connectivity index (χ0) is 9.14. The molecule has 0 unspecified atom stereocenters. The number of aryl methyl sites for hydroxylation is 1. The van der Waals surface area contributed by atoms with Crippen LogP contribution in [0.2, 0.25) is 0 Å². The van der Waals surface area contributed by atoms with Crippen molar-refractivity contribution in [1.82, 2.24) is 0 Å². The number of hydrogen-bond acceptors (Lipinski definition) is 2. The van der Waals surface area contributed by atoms with Crippen LogP contribution in [0, 0.1) is 6.92 Å². The summed E-state index contributed by atoms with van der Waals surface area (Å²) in [7, 11) is 0. The molecule has 0 bridgehead atoms. The van der Waals surface area contributed by atoms with Gasteiger partial charge in [-0.1, -0.05) is 0 Å². The van der Waals surface area contributed by atoms with E-state index in [2.05, 4.69) is 4.74 Å². The molecule has 1 aromatic carbocycles. The molecule has 12 heavy (non-hydrogen) atoms. The van der Waals surface area contributed by atoms with Gasteiger partial charge < -0.3 is 9.84 Å². The van der Waals surface area contributed by atoms with E-state index in [4.69, 9.17) is 5.11 Å². The maximum absolute atomic E-state index is 11.7. The lowest BCUT2D eigenvalue weighted by Gasteiger charge is -2.06.